The van der Waals surface area contributed by atoms with E-state index in [0.29, 0.717) is 12.7 Å². The molecule has 0 aromatic heterocycles. The third-order valence-electron chi connectivity index (χ3n) is 2.48. The zero-order valence-electron chi connectivity index (χ0n) is 7.96. The topological polar surface area (TPSA) is 29.5 Å². The molecule has 1 rings (SSSR count). The van der Waals surface area contributed by atoms with Crippen molar-refractivity contribution in [3.63, 3.8) is 0 Å². The molecule has 2 heteroatoms. The molecule has 1 aliphatic heterocycles. The van der Waals surface area contributed by atoms with Gasteiger partial charge in [-0.05, 0) is 19.3 Å². The molecule has 0 bridgehead atoms. The smallest absolute Gasteiger partial charge is 0.0774 e. The van der Waals surface area contributed by atoms with E-state index < -0.39 is 0 Å². The Kier molecular flexibility index (Phi) is 4.62. The van der Waals surface area contributed by atoms with Crippen molar-refractivity contribution in [3.05, 3.63) is 0 Å². The van der Waals surface area contributed by atoms with Gasteiger partial charge in [-0.3, -0.25) is 0 Å². The summed E-state index contributed by atoms with van der Waals surface area (Å²) in [5, 5.41) is 9.17. The quantitative estimate of drug-likeness (QED) is 0.658. The number of unbranched alkanes of at least 4 members (excludes halogenated alkanes) is 2. The first-order chi connectivity index (χ1) is 5.83. The van der Waals surface area contributed by atoms with E-state index >= 15 is 0 Å². The van der Waals surface area contributed by atoms with Crippen LogP contribution in [0.4, 0.5) is 0 Å². The van der Waals surface area contributed by atoms with Crippen molar-refractivity contribution >= 4 is 0 Å². The second-order valence-corrected chi connectivity index (χ2v) is 3.68. The van der Waals surface area contributed by atoms with Crippen molar-refractivity contribution in [3.8, 4) is 0 Å². The number of ether oxygens (including phenoxy) is 1. The van der Waals surface area contributed by atoms with E-state index in [1.54, 1.807) is 0 Å². The molecule has 2 nitrogen and oxygen atoms in total. The van der Waals surface area contributed by atoms with Crippen LogP contribution in [0.5, 0.6) is 0 Å². The largest absolute Gasteiger partial charge is 0.391 e. The standard InChI is InChI=1S/C10H20O2/c1-2-3-4-5-10-7-6-9(11)8-12-10/h9-11H,2-8H2,1H3. The molecule has 2 unspecified atom stereocenters. The predicted molar refractivity (Wildman–Crippen MR) is 49.1 cm³/mol. The van der Waals surface area contributed by atoms with Crippen LogP contribution in [0.3, 0.4) is 0 Å². The summed E-state index contributed by atoms with van der Waals surface area (Å²) >= 11 is 0. The van der Waals surface area contributed by atoms with Gasteiger partial charge in [0.1, 0.15) is 0 Å². The van der Waals surface area contributed by atoms with E-state index in [1.165, 1.54) is 25.7 Å². The summed E-state index contributed by atoms with van der Waals surface area (Å²) in [6.07, 6.45) is 7.24. The molecular formula is C10H20O2. The van der Waals surface area contributed by atoms with Gasteiger partial charge in [0.25, 0.3) is 0 Å². The van der Waals surface area contributed by atoms with Gasteiger partial charge in [-0.1, -0.05) is 26.2 Å². The van der Waals surface area contributed by atoms with Crippen LogP contribution in [0.25, 0.3) is 0 Å². The lowest BCUT2D eigenvalue weighted by Crippen LogP contribution is -2.29. The van der Waals surface area contributed by atoms with E-state index in [0.717, 1.165) is 12.8 Å². The van der Waals surface area contributed by atoms with Crippen LogP contribution in [0.2, 0.25) is 0 Å². The van der Waals surface area contributed by atoms with E-state index in [4.69, 9.17) is 4.74 Å². The molecule has 12 heavy (non-hydrogen) atoms. The first-order valence-corrected chi connectivity index (χ1v) is 5.12. The third kappa shape index (κ3) is 3.55. The van der Waals surface area contributed by atoms with Crippen LogP contribution in [-0.2, 0) is 4.74 Å². The molecule has 1 saturated heterocycles. The van der Waals surface area contributed by atoms with E-state index in [1.807, 2.05) is 0 Å². The Labute approximate surface area is 74.9 Å². The van der Waals surface area contributed by atoms with Gasteiger partial charge in [0, 0.05) is 0 Å². The maximum atomic E-state index is 9.17. The van der Waals surface area contributed by atoms with E-state index in [-0.39, 0.29) is 6.10 Å². The zero-order chi connectivity index (χ0) is 8.81. The Morgan fingerprint density at radius 3 is 2.75 bits per heavy atom. The Hall–Kier alpha value is -0.0800. The average molecular weight is 172 g/mol. The number of aliphatic hydroxyl groups is 1. The van der Waals surface area contributed by atoms with Crippen molar-refractivity contribution in [2.75, 3.05) is 6.61 Å². The fraction of sp³-hybridized carbons (Fsp3) is 1.00. The monoisotopic (exact) mass is 172 g/mol. The fourth-order valence-corrected chi connectivity index (χ4v) is 1.64. The van der Waals surface area contributed by atoms with Gasteiger partial charge in [-0.15, -0.1) is 0 Å². The third-order valence-corrected chi connectivity index (χ3v) is 2.48. The summed E-state index contributed by atoms with van der Waals surface area (Å²) in [6, 6.07) is 0. The summed E-state index contributed by atoms with van der Waals surface area (Å²) < 4.78 is 5.49. The fourth-order valence-electron chi connectivity index (χ4n) is 1.64. The van der Waals surface area contributed by atoms with Crippen LogP contribution in [0, 0.1) is 0 Å². The highest BCUT2D eigenvalue weighted by Crippen LogP contribution is 2.18. The number of hydrogen-bond acceptors (Lipinski definition) is 2. The lowest BCUT2D eigenvalue weighted by molar-refractivity contribution is -0.0586. The highest BCUT2D eigenvalue weighted by atomic mass is 16.5. The molecule has 72 valence electrons. The predicted octanol–water partition coefficient (Wildman–Crippen LogP) is 2.11. The number of aliphatic hydroxyl groups excluding tert-OH is 1. The maximum absolute atomic E-state index is 9.17. The van der Waals surface area contributed by atoms with Crippen molar-refractivity contribution in [1.82, 2.24) is 0 Å². The molecule has 1 N–H and O–H groups in total. The summed E-state index contributed by atoms with van der Waals surface area (Å²) in [5.74, 6) is 0. The van der Waals surface area contributed by atoms with Crippen molar-refractivity contribution in [2.24, 2.45) is 0 Å². The Morgan fingerprint density at radius 1 is 1.33 bits per heavy atom. The molecule has 0 aromatic carbocycles. The molecule has 2 atom stereocenters. The molecule has 0 amide bonds. The van der Waals surface area contributed by atoms with Crippen LogP contribution < -0.4 is 0 Å². The molecule has 0 radical (unpaired) electrons. The maximum Gasteiger partial charge on any atom is 0.0774 e. The summed E-state index contributed by atoms with van der Waals surface area (Å²) in [5.41, 5.74) is 0. The van der Waals surface area contributed by atoms with E-state index in [2.05, 4.69) is 6.92 Å². The first-order valence-electron chi connectivity index (χ1n) is 5.12. The Bertz CT molecular complexity index is 106. The van der Waals surface area contributed by atoms with Crippen LogP contribution in [-0.4, -0.2) is 23.9 Å². The van der Waals surface area contributed by atoms with Crippen LogP contribution >= 0.6 is 0 Å². The van der Waals surface area contributed by atoms with Crippen molar-refractivity contribution < 1.29 is 9.84 Å². The van der Waals surface area contributed by atoms with Gasteiger partial charge in [-0.25, -0.2) is 0 Å². The van der Waals surface area contributed by atoms with E-state index in [9.17, 15) is 5.11 Å². The lowest BCUT2D eigenvalue weighted by Gasteiger charge is -2.25. The molecule has 0 spiro atoms. The van der Waals surface area contributed by atoms with Gasteiger partial charge < -0.3 is 9.84 Å². The SMILES string of the molecule is CCCCCC1CCC(O)CO1. The Balaban J connectivity index is 2.01. The normalized spacial score (nSPS) is 30.5. The number of hydrogen-bond donors (Lipinski definition) is 1. The second-order valence-electron chi connectivity index (χ2n) is 3.68. The first kappa shape index (κ1) is 10.0. The molecule has 0 saturated carbocycles. The molecule has 1 aliphatic rings. The van der Waals surface area contributed by atoms with Crippen LogP contribution in [0.1, 0.15) is 45.4 Å². The van der Waals surface area contributed by atoms with Gasteiger partial charge in [0.05, 0.1) is 18.8 Å². The summed E-state index contributed by atoms with van der Waals surface area (Å²) in [6.45, 7) is 2.77. The molecule has 0 aromatic rings. The number of rotatable bonds is 4. The van der Waals surface area contributed by atoms with Gasteiger partial charge in [0.2, 0.25) is 0 Å². The lowest BCUT2D eigenvalue weighted by atomic mass is 10.0. The average Bonchev–Trinajstić information content (AvgIpc) is 2.09. The minimum atomic E-state index is -0.201. The summed E-state index contributed by atoms with van der Waals surface area (Å²) in [7, 11) is 0. The van der Waals surface area contributed by atoms with Crippen molar-refractivity contribution in [2.45, 2.75) is 57.7 Å². The summed E-state index contributed by atoms with van der Waals surface area (Å²) in [4.78, 5) is 0. The Morgan fingerprint density at radius 2 is 2.17 bits per heavy atom. The minimum absolute atomic E-state index is 0.201. The van der Waals surface area contributed by atoms with Gasteiger partial charge in [0.15, 0.2) is 0 Å². The molecular weight excluding hydrogens is 152 g/mol. The molecule has 0 aliphatic carbocycles. The second kappa shape index (κ2) is 5.55. The highest BCUT2D eigenvalue weighted by Gasteiger charge is 2.18. The highest BCUT2D eigenvalue weighted by molar-refractivity contribution is 4.68. The molecule has 1 heterocycles. The molecule has 1 fully saturated rings. The zero-order valence-corrected chi connectivity index (χ0v) is 7.96. The van der Waals surface area contributed by atoms with Crippen LogP contribution in [0.15, 0.2) is 0 Å². The van der Waals surface area contributed by atoms with Crippen molar-refractivity contribution in [1.29, 1.82) is 0 Å². The van der Waals surface area contributed by atoms with Gasteiger partial charge >= 0.3 is 0 Å². The minimum Gasteiger partial charge on any atom is -0.391 e. The van der Waals surface area contributed by atoms with Gasteiger partial charge in [-0.2, -0.15) is 0 Å².